The summed E-state index contributed by atoms with van der Waals surface area (Å²) in [5.41, 5.74) is 0.292. The van der Waals surface area contributed by atoms with E-state index in [1.165, 1.54) is 12.3 Å². The molecular weight excluding hydrogens is 327 g/mol. The first-order chi connectivity index (χ1) is 7.60. The van der Waals surface area contributed by atoms with E-state index in [9.17, 15) is 14.9 Å². The molecule has 0 N–H and O–H groups in total. The van der Waals surface area contributed by atoms with Gasteiger partial charge in [-0.2, -0.15) is 0 Å². The zero-order valence-electron chi connectivity index (χ0n) is 8.47. The Hall–Kier alpha value is -1.25. The Morgan fingerprint density at radius 3 is 2.88 bits per heavy atom. The summed E-state index contributed by atoms with van der Waals surface area (Å²) in [6.07, 6.45) is 1.29. The second kappa shape index (κ2) is 5.73. The lowest BCUT2D eigenvalue weighted by Gasteiger charge is -2.02. The van der Waals surface area contributed by atoms with E-state index >= 15 is 0 Å². The number of nitro groups is 1. The van der Waals surface area contributed by atoms with Crippen molar-refractivity contribution in [2.75, 3.05) is 6.61 Å². The molecule has 0 saturated carbocycles. The van der Waals surface area contributed by atoms with Gasteiger partial charge in [-0.1, -0.05) is 22.6 Å². The summed E-state index contributed by atoms with van der Waals surface area (Å²) in [7, 11) is 0. The van der Waals surface area contributed by atoms with Crippen molar-refractivity contribution in [3.05, 3.63) is 33.6 Å². The lowest BCUT2D eigenvalue weighted by atomic mass is 10.2. The van der Waals surface area contributed by atoms with Crippen molar-refractivity contribution in [1.29, 1.82) is 0 Å². The minimum Gasteiger partial charge on any atom is -0.462 e. The standard InChI is InChI=1S/C9H9IN2O4/c1-2-16-9(13)6-3-8(12(14)15)7(4-10)11-5-6/h3,5H,2,4H2,1H3. The molecule has 16 heavy (non-hydrogen) atoms. The van der Waals surface area contributed by atoms with Gasteiger partial charge in [0.1, 0.15) is 5.69 Å². The molecule has 0 aliphatic carbocycles. The summed E-state index contributed by atoms with van der Waals surface area (Å²) in [6.45, 7) is 1.89. The van der Waals surface area contributed by atoms with Crippen molar-refractivity contribution >= 4 is 34.2 Å². The van der Waals surface area contributed by atoms with Crippen molar-refractivity contribution in [2.24, 2.45) is 0 Å². The van der Waals surface area contributed by atoms with Gasteiger partial charge in [0.05, 0.1) is 17.1 Å². The van der Waals surface area contributed by atoms with Gasteiger partial charge in [0.25, 0.3) is 5.69 Å². The smallest absolute Gasteiger partial charge is 0.339 e. The van der Waals surface area contributed by atoms with E-state index in [1.807, 2.05) is 22.6 Å². The van der Waals surface area contributed by atoms with Crippen LogP contribution < -0.4 is 0 Å². The van der Waals surface area contributed by atoms with Gasteiger partial charge in [0.2, 0.25) is 0 Å². The third-order valence-corrected chi connectivity index (χ3v) is 2.50. The van der Waals surface area contributed by atoms with Gasteiger partial charge in [-0.25, -0.2) is 4.79 Å². The maximum atomic E-state index is 11.3. The van der Waals surface area contributed by atoms with E-state index in [0.29, 0.717) is 10.1 Å². The minimum atomic E-state index is -0.599. The van der Waals surface area contributed by atoms with Gasteiger partial charge < -0.3 is 4.74 Å². The van der Waals surface area contributed by atoms with Crippen LogP contribution in [0.2, 0.25) is 0 Å². The average Bonchev–Trinajstić information content (AvgIpc) is 2.28. The molecule has 0 amide bonds. The molecule has 0 bridgehead atoms. The molecule has 0 aliphatic rings. The monoisotopic (exact) mass is 336 g/mol. The zero-order chi connectivity index (χ0) is 12.1. The molecule has 1 heterocycles. The average molecular weight is 336 g/mol. The van der Waals surface area contributed by atoms with Gasteiger partial charge in [-0.15, -0.1) is 0 Å². The highest BCUT2D eigenvalue weighted by molar-refractivity contribution is 14.1. The normalized spacial score (nSPS) is 9.88. The van der Waals surface area contributed by atoms with Crippen molar-refractivity contribution in [1.82, 2.24) is 4.98 Å². The first-order valence-corrected chi connectivity index (χ1v) is 5.99. The minimum absolute atomic E-state index is 0.0992. The number of rotatable bonds is 4. The maximum absolute atomic E-state index is 11.3. The fourth-order valence-electron chi connectivity index (χ4n) is 1.07. The lowest BCUT2D eigenvalue weighted by molar-refractivity contribution is -0.385. The molecule has 0 unspecified atom stereocenters. The first-order valence-electron chi connectivity index (χ1n) is 4.46. The fraction of sp³-hybridized carbons (Fsp3) is 0.333. The summed E-state index contributed by atoms with van der Waals surface area (Å²) in [6, 6.07) is 1.19. The number of carbonyl (C=O) groups is 1. The van der Waals surface area contributed by atoms with E-state index < -0.39 is 10.9 Å². The Morgan fingerprint density at radius 1 is 1.69 bits per heavy atom. The number of ether oxygens (including phenoxy) is 1. The number of carbonyl (C=O) groups excluding carboxylic acids is 1. The van der Waals surface area contributed by atoms with Crippen LogP contribution in [0.1, 0.15) is 23.0 Å². The summed E-state index contributed by atoms with van der Waals surface area (Å²) >= 11 is 1.97. The van der Waals surface area contributed by atoms with Gasteiger partial charge in [0.15, 0.2) is 0 Å². The highest BCUT2D eigenvalue weighted by atomic mass is 127. The molecule has 1 aromatic rings. The molecule has 0 atom stereocenters. The topological polar surface area (TPSA) is 82.3 Å². The van der Waals surface area contributed by atoms with Crippen LogP contribution in [0.15, 0.2) is 12.3 Å². The molecule has 0 aromatic carbocycles. The molecule has 1 aromatic heterocycles. The van der Waals surface area contributed by atoms with Gasteiger partial charge in [-0.05, 0) is 6.92 Å². The molecule has 0 spiro atoms. The third kappa shape index (κ3) is 2.87. The maximum Gasteiger partial charge on any atom is 0.339 e. The molecule has 0 aliphatic heterocycles. The molecule has 7 heteroatoms. The second-order valence-electron chi connectivity index (χ2n) is 2.80. The van der Waals surface area contributed by atoms with E-state index in [1.54, 1.807) is 6.92 Å². The van der Waals surface area contributed by atoms with Crippen LogP contribution in [0, 0.1) is 10.1 Å². The van der Waals surface area contributed by atoms with Crippen LogP contribution in [-0.2, 0) is 9.16 Å². The van der Waals surface area contributed by atoms with Gasteiger partial charge in [0, 0.05) is 16.7 Å². The summed E-state index contributed by atoms with van der Waals surface area (Å²) in [4.78, 5) is 25.4. The number of hydrogen-bond acceptors (Lipinski definition) is 5. The zero-order valence-corrected chi connectivity index (χ0v) is 10.6. The van der Waals surface area contributed by atoms with Crippen LogP contribution in [0.3, 0.4) is 0 Å². The summed E-state index contributed by atoms with van der Waals surface area (Å²) in [5, 5.41) is 10.7. The lowest BCUT2D eigenvalue weighted by Crippen LogP contribution is -2.07. The molecule has 0 radical (unpaired) electrons. The molecule has 1 rings (SSSR count). The summed E-state index contributed by atoms with van der Waals surface area (Å²) in [5.74, 6) is -0.599. The first kappa shape index (κ1) is 12.8. The molecule has 86 valence electrons. The Labute approximate surface area is 105 Å². The highest BCUT2D eigenvalue weighted by Gasteiger charge is 2.18. The number of pyridine rings is 1. The van der Waals surface area contributed by atoms with Crippen molar-refractivity contribution < 1.29 is 14.5 Å². The Bertz CT molecular complexity index is 422. The Kier molecular flexibility index (Phi) is 4.59. The van der Waals surface area contributed by atoms with E-state index in [0.717, 1.165) is 0 Å². The predicted octanol–water partition coefficient (Wildman–Crippen LogP) is 2.10. The van der Waals surface area contributed by atoms with Crippen LogP contribution >= 0.6 is 22.6 Å². The number of halogens is 1. The number of esters is 1. The van der Waals surface area contributed by atoms with Crippen LogP contribution in [0.4, 0.5) is 5.69 Å². The van der Waals surface area contributed by atoms with Crippen molar-refractivity contribution in [3.8, 4) is 0 Å². The van der Waals surface area contributed by atoms with Crippen LogP contribution in [-0.4, -0.2) is 22.5 Å². The van der Waals surface area contributed by atoms with Crippen molar-refractivity contribution in [2.45, 2.75) is 11.4 Å². The molecule has 0 fully saturated rings. The van der Waals surface area contributed by atoms with E-state index in [2.05, 4.69) is 4.98 Å². The largest absolute Gasteiger partial charge is 0.462 e. The molecule has 6 nitrogen and oxygen atoms in total. The Morgan fingerprint density at radius 2 is 2.38 bits per heavy atom. The highest BCUT2D eigenvalue weighted by Crippen LogP contribution is 2.20. The second-order valence-corrected chi connectivity index (χ2v) is 3.56. The van der Waals surface area contributed by atoms with E-state index in [4.69, 9.17) is 4.74 Å². The number of hydrogen-bond donors (Lipinski definition) is 0. The quantitative estimate of drug-likeness (QED) is 0.276. The van der Waals surface area contributed by atoms with Crippen molar-refractivity contribution in [3.63, 3.8) is 0 Å². The Balaban J connectivity index is 3.11. The SMILES string of the molecule is CCOC(=O)c1cnc(CI)c([N+](=O)[O-])c1. The predicted molar refractivity (Wildman–Crippen MR) is 64.6 cm³/mol. The van der Waals surface area contributed by atoms with E-state index in [-0.39, 0.29) is 17.9 Å². The number of aromatic nitrogens is 1. The number of nitrogens with zero attached hydrogens (tertiary/aromatic N) is 2. The summed E-state index contributed by atoms with van der Waals surface area (Å²) < 4.78 is 5.15. The van der Waals surface area contributed by atoms with Gasteiger partial charge in [-0.3, -0.25) is 15.1 Å². The van der Waals surface area contributed by atoms with Crippen LogP contribution in [0.25, 0.3) is 0 Å². The molecular formula is C9H9IN2O4. The number of alkyl halides is 1. The third-order valence-electron chi connectivity index (χ3n) is 1.78. The van der Waals surface area contributed by atoms with Crippen LogP contribution in [0.5, 0.6) is 0 Å². The van der Waals surface area contributed by atoms with Gasteiger partial charge >= 0.3 is 5.97 Å². The molecule has 0 saturated heterocycles. The fourth-order valence-corrected chi connectivity index (χ4v) is 1.66.